The van der Waals surface area contributed by atoms with Gasteiger partial charge in [-0.1, -0.05) is 0 Å². The van der Waals surface area contributed by atoms with Crippen molar-refractivity contribution in [2.75, 3.05) is 33.0 Å². The van der Waals surface area contributed by atoms with Crippen LogP contribution in [0, 0.1) is 20.2 Å². The SMILES string of the molecule is O=[N+]([O-])c1ccc(C(O)COCCOCCO)c([N+](=O)[O-])c1. The molecular weight excluding hydrogens is 300 g/mol. The van der Waals surface area contributed by atoms with Gasteiger partial charge in [0.1, 0.15) is 6.10 Å². The lowest BCUT2D eigenvalue weighted by Crippen LogP contribution is -2.13. The molecule has 1 rings (SSSR count). The first kappa shape index (κ1) is 17.9. The lowest BCUT2D eigenvalue weighted by molar-refractivity contribution is -0.395. The zero-order valence-corrected chi connectivity index (χ0v) is 11.6. The third kappa shape index (κ3) is 5.33. The van der Waals surface area contributed by atoms with E-state index in [1.54, 1.807) is 0 Å². The van der Waals surface area contributed by atoms with Gasteiger partial charge in [-0.2, -0.15) is 0 Å². The van der Waals surface area contributed by atoms with Crippen molar-refractivity contribution in [2.24, 2.45) is 0 Å². The van der Waals surface area contributed by atoms with Gasteiger partial charge in [0.15, 0.2) is 0 Å². The Morgan fingerprint density at radius 2 is 1.77 bits per heavy atom. The van der Waals surface area contributed by atoms with Crippen LogP contribution in [0.3, 0.4) is 0 Å². The molecule has 0 fully saturated rings. The van der Waals surface area contributed by atoms with Crippen LogP contribution in [-0.4, -0.2) is 53.1 Å². The van der Waals surface area contributed by atoms with Crippen molar-refractivity contribution in [1.29, 1.82) is 0 Å². The van der Waals surface area contributed by atoms with Gasteiger partial charge in [-0.25, -0.2) is 0 Å². The number of benzene rings is 1. The molecule has 122 valence electrons. The molecule has 0 saturated carbocycles. The third-order valence-electron chi connectivity index (χ3n) is 2.66. The largest absolute Gasteiger partial charge is 0.394 e. The summed E-state index contributed by atoms with van der Waals surface area (Å²) in [6, 6.07) is 3.01. The van der Waals surface area contributed by atoms with E-state index in [1.807, 2.05) is 0 Å². The van der Waals surface area contributed by atoms with Crippen LogP contribution in [0.5, 0.6) is 0 Å². The van der Waals surface area contributed by atoms with Gasteiger partial charge < -0.3 is 19.7 Å². The van der Waals surface area contributed by atoms with Crippen molar-refractivity contribution in [2.45, 2.75) is 6.10 Å². The number of hydrogen-bond donors (Lipinski definition) is 2. The maximum Gasteiger partial charge on any atom is 0.282 e. The second-order valence-electron chi connectivity index (χ2n) is 4.18. The summed E-state index contributed by atoms with van der Waals surface area (Å²) in [5, 5.41) is 39.9. The van der Waals surface area contributed by atoms with Crippen molar-refractivity contribution in [3.05, 3.63) is 44.0 Å². The third-order valence-corrected chi connectivity index (χ3v) is 2.66. The maximum atomic E-state index is 10.9. The van der Waals surface area contributed by atoms with Gasteiger partial charge in [0.2, 0.25) is 0 Å². The zero-order chi connectivity index (χ0) is 16.5. The van der Waals surface area contributed by atoms with E-state index >= 15 is 0 Å². The number of nitro benzene ring substituents is 2. The molecule has 10 heteroatoms. The van der Waals surface area contributed by atoms with Crippen LogP contribution in [0.2, 0.25) is 0 Å². The number of ether oxygens (including phenoxy) is 2. The Kier molecular flexibility index (Phi) is 7.32. The second-order valence-corrected chi connectivity index (χ2v) is 4.18. The minimum absolute atomic E-state index is 0.0631. The molecule has 2 N–H and O–H groups in total. The number of nitro groups is 2. The van der Waals surface area contributed by atoms with Crippen LogP contribution < -0.4 is 0 Å². The molecule has 0 aliphatic heterocycles. The van der Waals surface area contributed by atoms with Gasteiger partial charge in [0, 0.05) is 6.07 Å². The summed E-state index contributed by atoms with van der Waals surface area (Å²) in [5.41, 5.74) is -1.03. The molecule has 0 radical (unpaired) electrons. The summed E-state index contributed by atoms with van der Waals surface area (Å²) in [7, 11) is 0. The van der Waals surface area contributed by atoms with Crippen LogP contribution in [0.1, 0.15) is 11.7 Å². The molecule has 1 atom stereocenters. The number of rotatable bonds is 10. The number of non-ortho nitro benzene ring substituents is 1. The van der Waals surface area contributed by atoms with Crippen LogP contribution in [-0.2, 0) is 9.47 Å². The van der Waals surface area contributed by atoms with Gasteiger partial charge in [-0.3, -0.25) is 20.2 Å². The van der Waals surface area contributed by atoms with Crippen molar-refractivity contribution in [3.8, 4) is 0 Å². The molecule has 10 nitrogen and oxygen atoms in total. The van der Waals surface area contributed by atoms with E-state index in [4.69, 9.17) is 14.6 Å². The highest BCUT2D eigenvalue weighted by atomic mass is 16.6. The van der Waals surface area contributed by atoms with E-state index in [9.17, 15) is 25.3 Å². The molecule has 22 heavy (non-hydrogen) atoms. The minimum atomic E-state index is -1.29. The van der Waals surface area contributed by atoms with E-state index in [-0.39, 0.29) is 38.6 Å². The molecule has 0 aromatic heterocycles. The van der Waals surface area contributed by atoms with Crippen LogP contribution in [0.25, 0.3) is 0 Å². The van der Waals surface area contributed by atoms with E-state index in [0.29, 0.717) is 0 Å². The van der Waals surface area contributed by atoms with Gasteiger partial charge in [0.25, 0.3) is 11.4 Å². The van der Waals surface area contributed by atoms with Gasteiger partial charge in [-0.15, -0.1) is 0 Å². The summed E-state index contributed by atoms with van der Waals surface area (Å²) in [4.78, 5) is 20.0. The summed E-state index contributed by atoms with van der Waals surface area (Å²) >= 11 is 0. The molecule has 0 spiro atoms. The monoisotopic (exact) mass is 316 g/mol. The Bertz CT molecular complexity index is 522. The lowest BCUT2D eigenvalue weighted by Gasteiger charge is -2.12. The van der Waals surface area contributed by atoms with E-state index in [1.165, 1.54) is 0 Å². The van der Waals surface area contributed by atoms with Crippen LogP contribution >= 0.6 is 0 Å². The first-order valence-electron chi connectivity index (χ1n) is 6.34. The first-order chi connectivity index (χ1) is 10.5. The number of aliphatic hydroxyl groups excluding tert-OH is 2. The molecule has 0 bridgehead atoms. The zero-order valence-electron chi connectivity index (χ0n) is 11.6. The Morgan fingerprint density at radius 1 is 1.09 bits per heavy atom. The standard InChI is InChI=1S/C12H16N2O8/c15-3-4-21-5-6-22-8-12(16)10-2-1-9(13(17)18)7-11(10)14(19)20/h1-2,7,12,15-16H,3-6,8H2. The van der Waals surface area contributed by atoms with Gasteiger partial charge in [0.05, 0.1) is 54.5 Å². The molecule has 0 aliphatic carbocycles. The second kappa shape index (κ2) is 9.00. The summed E-state index contributed by atoms with van der Waals surface area (Å²) < 4.78 is 10.0. The van der Waals surface area contributed by atoms with E-state index in [2.05, 4.69) is 0 Å². The van der Waals surface area contributed by atoms with E-state index < -0.39 is 27.3 Å². The van der Waals surface area contributed by atoms with Crippen LogP contribution in [0.15, 0.2) is 18.2 Å². The predicted molar refractivity (Wildman–Crippen MR) is 73.4 cm³/mol. The molecule has 1 aromatic carbocycles. The number of nitrogens with zero attached hydrogens (tertiary/aromatic N) is 2. The summed E-state index contributed by atoms with van der Waals surface area (Å²) in [6.45, 7) is 0.173. The molecule has 0 amide bonds. The highest BCUT2D eigenvalue weighted by Gasteiger charge is 2.24. The normalized spacial score (nSPS) is 12.1. The molecule has 0 saturated heterocycles. The number of hydrogen-bond acceptors (Lipinski definition) is 8. The van der Waals surface area contributed by atoms with Gasteiger partial charge in [-0.05, 0) is 6.07 Å². The molecule has 1 aromatic rings. The minimum Gasteiger partial charge on any atom is -0.394 e. The van der Waals surface area contributed by atoms with Crippen molar-refractivity contribution < 1.29 is 29.5 Å². The summed E-state index contributed by atoms with van der Waals surface area (Å²) in [6.07, 6.45) is -1.29. The Labute approximate surface area is 125 Å². The highest BCUT2D eigenvalue weighted by Crippen LogP contribution is 2.29. The lowest BCUT2D eigenvalue weighted by atomic mass is 10.1. The van der Waals surface area contributed by atoms with Gasteiger partial charge >= 0.3 is 0 Å². The topological polar surface area (TPSA) is 145 Å². The van der Waals surface area contributed by atoms with Crippen molar-refractivity contribution >= 4 is 11.4 Å². The van der Waals surface area contributed by atoms with Crippen molar-refractivity contribution in [3.63, 3.8) is 0 Å². The maximum absolute atomic E-state index is 10.9. The number of aliphatic hydroxyl groups is 2. The van der Waals surface area contributed by atoms with E-state index in [0.717, 1.165) is 18.2 Å². The Hall–Kier alpha value is -2.14. The Morgan fingerprint density at radius 3 is 2.36 bits per heavy atom. The quantitative estimate of drug-likeness (QED) is 0.362. The fourth-order valence-corrected chi connectivity index (χ4v) is 1.65. The van der Waals surface area contributed by atoms with Crippen molar-refractivity contribution in [1.82, 2.24) is 0 Å². The fourth-order valence-electron chi connectivity index (χ4n) is 1.65. The highest BCUT2D eigenvalue weighted by molar-refractivity contribution is 5.50. The average Bonchev–Trinajstić information content (AvgIpc) is 2.49. The molecule has 1 unspecified atom stereocenters. The summed E-state index contributed by atoms with van der Waals surface area (Å²) in [5.74, 6) is 0. The molecule has 0 heterocycles. The Balaban J connectivity index is 2.66. The van der Waals surface area contributed by atoms with Crippen LogP contribution in [0.4, 0.5) is 11.4 Å². The predicted octanol–water partition coefficient (Wildman–Crippen LogP) is 0.562. The first-order valence-corrected chi connectivity index (χ1v) is 6.34. The molecule has 0 aliphatic rings. The fraction of sp³-hybridized carbons (Fsp3) is 0.500. The smallest absolute Gasteiger partial charge is 0.282 e. The average molecular weight is 316 g/mol. The molecular formula is C12H16N2O8.